The molecule has 0 aliphatic rings. The summed E-state index contributed by atoms with van der Waals surface area (Å²) in [4.78, 5) is 23.4. The van der Waals surface area contributed by atoms with Gasteiger partial charge >= 0.3 is 0 Å². The van der Waals surface area contributed by atoms with Crippen molar-refractivity contribution in [2.75, 3.05) is 11.1 Å². The number of Topliss-reactive ketones (excluding diaryl/α,β-unsaturated/α-hetero) is 1. The molecule has 6 nitrogen and oxygen atoms in total. The number of hydrogen-bond donors (Lipinski definition) is 1. The molecule has 0 aliphatic carbocycles. The SMILES string of the molecule is CC(=O)c1cccc(NC(=O)CSc2nnc(-c3ccc(F)cc3)o2)c1. The van der Waals surface area contributed by atoms with Gasteiger partial charge in [0.1, 0.15) is 5.82 Å². The van der Waals surface area contributed by atoms with Gasteiger partial charge in [0.15, 0.2) is 5.78 Å². The quantitative estimate of drug-likeness (QED) is 0.524. The molecule has 3 aromatic rings. The van der Waals surface area contributed by atoms with Crippen molar-refractivity contribution in [1.82, 2.24) is 10.2 Å². The van der Waals surface area contributed by atoms with Crippen LogP contribution in [0.25, 0.3) is 11.5 Å². The molecule has 1 amide bonds. The van der Waals surface area contributed by atoms with Crippen LogP contribution in [-0.4, -0.2) is 27.6 Å². The van der Waals surface area contributed by atoms with E-state index in [0.717, 1.165) is 11.8 Å². The lowest BCUT2D eigenvalue weighted by Crippen LogP contribution is -2.14. The molecule has 26 heavy (non-hydrogen) atoms. The van der Waals surface area contributed by atoms with Gasteiger partial charge in [0.25, 0.3) is 5.22 Å². The van der Waals surface area contributed by atoms with Crippen LogP contribution in [0.4, 0.5) is 10.1 Å². The van der Waals surface area contributed by atoms with Crippen LogP contribution >= 0.6 is 11.8 Å². The Labute approximate surface area is 152 Å². The minimum Gasteiger partial charge on any atom is -0.411 e. The lowest BCUT2D eigenvalue weighted by molar-refractivity contribution is -0.113. The number of aromatic nitrogens is 2. The molecule has 2 aromatic carbocycles. The maximum atomic E-state index is 12.9. The molecule has 132 valence electrons. The van der Waals surface area contributed by atoms with Gasteiger partial charge in [0, 0.05) is 16.8 Å². The van der Waals surface area contributed by atoms with E-state index < -0.39 is 0 Å². The molecule has 0 saturated heterocycles. The number of amides is 1. The average molecular weight is 371 g/mol. The first kappa shape index (κ1) is 17.8. The Hall–Kier alpha value is -3.00. The molecule has 0 spiro atoms. The largest absolute Gasteiger partial charge is 0.411 e. The number of hydrogen-bond acceptors (Lipinski definition) is 6. The van der Waals surface area contributed by atoms with Gasteiger partial charge in [-0.1, -0.05) is 23.9 Å². The molecule has 0 saturated carbocycles. The van der Waals surface area contributed by atoms with Gasteiger partial charge < -0.3 is 9.73 Å². The highest BCUT2D eigenvalue weighted by molar-refractivity contribution is 7.99. The normalized spacial score (nSPS) is 10.5. The highest BCUT2D eigenvalue weighted by Crippen LogP contribution is 2.23. The molecule has 0 bridgehead atoms. The second-order valence-corrected chi connectivity index (χ2v) is 6.28. The number of carbonyl (C=O) groups is 2. The van der Waals surface area contributed by atoms with E-state index in [-0.39, 0.29) is 34.4 Å². The van der Waals surface area contributed by atoms with Crippen LogP contribution in [0.1, 0.15) is 17.3 Å². The molecule has 0 unspecified atom stereocenters. The number of thioether (sulfide) groups is 1. The summed E-state index contributed by atoms with van der Waals surface area (Å²) >= 11 is 1.08. The number of halogens is 1. The summed E-state index contributed by atoms with van der Waals surface area (Å²) in [6.45, 7) is 1.46. The van der Waals surface area contributed by atoms with E-state index in [0.29, 0.717) is 16.8 Å². The Morgan fingerprint density at radius 1 is 1.15 bits per heavy atom. The number of rotatable bonds is 6. The molecule has 0 atom stereocenters. The van der Waals surface area contributed by atoms with Crippen molar-refractivity contribution in [3.05, 3.63) is 59.9 Å². The number of nitrogens with zero attached hydrogens (tertiary/aromatic N) is 2. The first-order valence-corrected chi connectivity index (χ1v) is 8.63. The fourth-order valence-corrected chi connectivity index (χ4v) is 2.68. The molecule has 1 aromatic heterocycles. The van der Waals surface area contributed by atoms with Gasteiger partial charge in [-0.25, -0.2) is 4.39 Å². The van der Waals surface area contributed by atoms with E-state index in [1.807, 2.05) is 0 Å². The molecular formula is C18H14FN3O3S. The summed E-state index contributed by atoms with van der Waals surface area (Å²) in [5.41, 5.74) is 1.66. The summed E-state index contributed by atoms with van der Waals surface area (Å²) in [6, 6.07) is 12.4. The predicted molar refractivity (Wildman–Crippen MR) is 95.5 cm³/mol. The molecular weight excluding hydrogens is 357 g/mol. The van der Waals surface area contributed by atoms with Crippen molar-refractivity contribution >= 4 is 29.1 Å². The zero-order valence-corrected chi connectivity index (χ0v) is 14.5. The van der Waals surface area contributed by atoms with Crippen LogP contribution < -0.4 is 5.32 Å². The summed E-state index contributed by atoms with van der Waals surface area (Å²) in [7, 11) is 0. The Bertz CT molecular complexity index is 941. The number of ketones is 1. The van der Waals surface area contributed by atoms with Crippen LogP contribution in [0.3, 0.4) is 0 Å². The van der Waals surface area contributed by atoms with E-state index in [4.69, 9.17) is 4.42 Å². The van der Waals surface area contributed by atoms with Crippen LogP contribution in [-0.2, 0) is 4.79 Å². The summed E-state index contributed by atoms with van der Waals surface area (Å²) in [6.07, 6.45) is 0. The van der Waals surface area contributed by atoms with Crippen molar-refractivity contribution in [1.29, 1.82) is 0 Å². The predicted octanol–water partition coefficient (Wildman–Crippen LogP) is 3.81. The lowest BCUT2D eigenvalue weighted by Gasteiger charge is -2.05. The number of nitrogens with one attached hydrogen (secondary N) is 1. The Kier molecular flexibility index (Phi) is 5.43. The van der Waals surface area contributed by atoms with Gasteiger partial charge in [-0.05, 0) is 43.3 Å². The molecule has 8 heteroatoms. The van der Waals surface area contributed by atoms with Crippen LogP contribution in [0.15, 0.2) is 58.2 Å². The summed E-state index contributed by atoms with van der Waals surface area (Å²) in [5.74, 6) is -0.377. The minimum atomic E-state index is -0.353. The third-order valence-electron chi connectivity index (χ3n) is 3.38. The smallest absolute Gasteiger partial charge is 0.277 e. The fraction of sp³-hybridized carbons (Fsp3) is 0.111. The van der Waals surface area contributed by atoms with Crippen molar-refractivity contribution < 1.29 is 18.4 Å². The van der Waals surface area contributed by atoms with Gasteiger partial charge in [-0.2, -0.15) is 0 Å². The standard InChI is InChI=1S/C18H14FN3O3S/c1-11(23)13-3-2-4-15(9-13)20-16(24)10-26-18-22-21-17(25-18)12-5-7-14(19)8-6-12/h2-9H,10H2,1H3,(H,20,24). The third kappa shape index (κ3) is 4.54. The van der Waals surface area contributed by atoms with Crippen LogP contribution in [0.5, 0.6) is 0 Å². The zero-order valence-electron chi connectivity index (χ0n) is 13.7. The Morgan fingerprint density at radius 3 is 2.65 bits per heavy atom. The lowest BCUT2D eigenvalue weighted by atomic mass is 10.1. The second-order valence-electron chi connectivity index (χ2n) is 5.35. The number of anilines is 1. The van der Waals surface area contributed by atoms with E-state index in [2.05, 4.69) is 15.5 Å². The first-order chi connectivity index (χ1) is 12.5. The van der Waals surface area contributed by atoms with Gasteiger partial charge in [0.2, 0.25) is 11.8 Å². The Morgan fingerprint density at radius 2 is 1.92 bits per heavy atom. The van der Waals surface area contributed by atoms with Crippen LogP contribution in [0, 0.1) is 5.82 Å². The number of benzene rings is 2. The molecule has 0 aliphatic heterocycles. The second kappa shape index (κ2) is 7.92. The average Bonchev–Trinajstić information content (AvgIpc) is 3.10. The highest BCUT2D eigenvalue weighted by atomic mass is 32.2. The highest BCUT2D eigenvalue weighted by Gasteiger charge is 2.12. The topological polar surface area (TPSA) is 85.1 Å². The monoisotopic (exact) mass is 371 g/mol. The Balaban J connectivity index is 1.57. The molecule has 1 heterocycles. The third-order valence-corrected chi connectivity index (χ3v) is 4.20. The molecule has 3 rings (SSSR count). The summed E-state index contributed by atoms with van der Waals surface area (Å²) < 4.78 is 18.4. The molecule has 0 radical (unpaired) electrons. The zero-order chi connectivity index (χ0) is 18.5. The summed E-state index contributed by atoms with van der Waals surface area (Å²) in [5, 5.41) is 10.7. The molecule has 0 fully saturated rings. The van der Waals surface area contributed by atoms with Gasteiger partial charge in [0.05, 0.1) is 5.75 Å². The fourth-order valence-electron chi connectivity index (χ4n) is 2.12. The van der Waals surface area contributed by atoms with E-state index >= 15 is 0 Å². The van der Waals surface area contributed by atoms with E-state index in [1.54, 1.807) is 24.3 Å². The van der Waals surface area contributed by atoms with Crippen molar-refractivity contribution in [3.63, 3.8) is 0 Å². The van der Waals surface area contributed by atoms with Gasteiger partial charge in [-0.3, -0.25) is 9.59 Å². The maximum Gasteiger partial charge on any atom is 0.277 e. The molecule has 1 N–H and O–H groups in total. The first-order valence-electron chi connectivity index (χ1n) is 7.64. The minimum absolute atomic E-state index is 0.0648. The number of carbonyl (C=O) groups excluding carboxylic acids is 2. The van der Waals surface area contributed by atoms with E-state index in [1.165, 1.54) is 31.2 Å². The van der Waals surface area contributed by atoms with Crippen molar-refractivity contribution in [3.8, 4) is 11.5 Å². The van der Waals surface area contributed by atoms with Crippen molar-refractivity contribution in [2.45, 2.75) is 12.1 Å². The maximum absolute atomic E-state index is 12.9. The van der Waals surface area contributed by atoms with Gasteiger partial charge in [-0.15, -0.1) is 10.2 Å². The van der Waals surface area contributed by atoms with Crippen molar-refractivity contribution in [2.24, 2.45) is 0 Å². The van der Waals surface area contributed by atoms with E-state index in [9.17, 15) is 14.0 Å². The van der Waals surface area contributed by atoms with Crippen LogP contribution in [0.2, 0.25) is 0 Å².